The van der Waals surface area contributed by atoms with Crippen LogP contribution in [0.25, 0.3) is 0 Å². The van der Waals surface area contributed by atoms with Gasteiger partial charge < -0.3 is 14.3 Å². The zero-order chi connectivity index (χ0) is 15.5. The molecule has 3 rings (SSSR count). The van der Waals surface area contributed by atoms with Gasteiger partial charge in [0.15, 0.2) is 12.1 Å². The van der Waals surface area contributed by atoms with Gasteiger partial charge in [-0.1, -0.05) is 18.2 Å². The number of aromatic nitrogens is 3. The van der Waals surface area contributed by atoms with Crippen LogP contribution in [0.15, 0.2) is 47.5 Å². The molecule has 3 aromatic rings. The third-order valence-corrected chi connectivity index (χ3v) is 3.49. The molecule has 0 radical (unpaired) electrons. The molecule has 0 bridgehead atoms. The summed E-state index contributed by atoms with van der Waals surface area (Å²) >= 11 is 0. The van der Waals surface area contributed by atoms with Crippen LogP contribution in [0, 0.1) is 13.8 Å². The maximum Gasteiger partial charge on any atom is 0.277 e. The Morgan fingerprint density at radius 1 is 1.27 bits per heavy atom. The molecule has 0 unspecified atom stereocenters. The Labute approximate surface area is 127 Å². The highest BCUT2D eigenvalue weighted by molar-refractivity contribution is 6.03. The third kappa shape index (κ3) is 2.76. The number of hydrogen-bond donors (Lipinski definition) is 1. The van der Waals surface area contributed by atoms with Gasteiger partial charge in [-0.2, -0.15) is 0 Å². The molecule has 0 saturated heterocycles. The van der Waals surface area contributed by atoms with Crippen molar-refractivity contribution < 1.29 is 9.21 Å². The topological polar surface area (TPSA) is 73.0 Å². The Hall–Kier alpha value is -2.89. The number of oxazole rings is 1. The van der Waals surface area contributed by atoms with E-state index >= 15 is 0 Å². The first-order valence-electron chi connectivity index (χ1n) is 6.92. The summed E-state index contributed by atoms with van der Waals surface area (Å²) in [5.74, 6) is 1.15. The van der Waals surface area contributed by atoms with Crippen LogP contribution in [0.4, 0.5) is 5.69 Å². The van der Waals surface area contributed by atoms with Crippen molar-refractivity contribution in [2.45, 2.75) is 20.4 Å². The van der Waals surface area contributed by atoms with Gasteiger partial charge in [-0.15, -0.1) is 0 Å². The predicted octanol–water partition coefficient (Wildman–Crippen LogP) is 2.79. The van der Waals surface area contributed by atoms with Crippen LogP contribution in [-0.4, -0.2) is 20.4 Å². The average molecular weight is 296 g/mol. The van der Waals surface area contributed by atoms with E-state index in [4.69, 9.17) is 4.42 Å². The summed E-state index contributed by atoms with van der Waals surface area (Å²) in [6, 6.07) is 7.67. The van der Waals surface area contributed by atoms with Crippen LogP contribution in [0.5, 0.6) is 0 Å². The van der Waals surface area contributed by atoms with Gasteiger partial charge in [0, 0.05) is 18.1 Å². The highest BCUT2D eigenvalue weighted by atomic mass is 16.3. The molecular weight excluding hydrogens is 280 g/mol. The molecule has 1 amide bonds. The van der Waals surface area contributed by atoms with Gasteiger partial charge >= 0.3 is 0 Å². The number of para-hydroxylation sites is 1. The van der Waals surface area contributed by atoms with Crippen molar-refractivity contribution in [1.29, 1.82) is 0 Å². The lowest BCUT2D eigenvalue weighted by atomic mass is 10.1. The number of imidazole rings is 1. The lowest BCUT2D eigenvalue weighted by Gasteiger charge is -2.12. The number of hydrogen-bond acceptors (Lipinski definition) is 4. The second-order valence-electron chi connectivity index (χ2n) is 4.97. The van der Waals surface area contributed by atoms with Crippen molar-refractivity contribution in [1.82, 2.24) is 14.5 Å². The Morgan fingerprint density at radius 2 is 2.09 bits per heavy atom. The van der Waals surface area contributed by atoms with E-state index in [0.717, 1.165) is 17.1 Å². The second kappa shape index (κ2) is 5.85. The van der Waals surface area contributed by atoms with Crippen LogP contribution >= 0.6 is 0 Å². The normalized spacial score (nSPS) is 10.6. The van der Waals surface area contributed by atoms with Gasteiger partial charge in [-0.05, 0) is 25.5 Å². The number of carbonyl (C=O) groups excluding carboxylic acids is 1. The standard InChI is InChI=1S/C16H16N4O2/c1-11-15(18-10-22-11)16(21)19-14-6-4-3-5-13(14)9-20-8-7-17-12(20)2/h3-8,10H,9H2,1-2H3,(H,19,21). The maximum atomic E-state index is 12.3. The van der Waals surface area contributed by atoms with Gasteiger partial charge in [0.05, 0.1) is 6.54 Å². The van der Waals surface area contributed by atoms with E-state index in [9.17, 15) is 4.79 Å². The predicted molar refractivity (Wildman–Crippen MR) is 81.7 cm³/mol. The largest absolute Gasteiger partial charge is 0.448 e. The lowest BCUT2D eigenvalue weighted by molar-refractivity contribution is 0.102. The lowest BCUT2D eigenvalue weighted by Crippen LogP contribution is -2.15. The SMILES string of the molecule is Cc1ocnc1C(=O)Nc1ccccc1Cn1ccnc1C. The summed E-state index contributed by atoms with van der Waals surface area (Å²) in [7, 11) is 0. The number of nitrogens with one attached hydrogen (secondary N) is 1. The first-order valence-corrected chi connectivity index (χ1v) is 6.92. The van der Waals surface area contributed by atoms with Gasteiger partial charge in [0.25, 0.3) is 5.91 Å². The van der Waals surface area contributed by atoms with Gasteiger partial charge in [0.1, 0.15) is 11.6 Å². The molecule has 22 heavy (non-hydrogen) atoms. The summed E-state index contributed by atoms with van der Waals surface area (Å²) in [6.45, 7) is 4.29. The molecule has 0 aliphatic heterocycles. The van der Waals surface area contributed by atoms with E-state index in [1.54, 1.807) is 13.1 Å². The summed E-state index contributed by atoms with van der Waals surface area (Å²) in [4.78, 5) is 20.4. The highest BCUT2D eigenvalue weighted by Crippen LogP contribution is 2.18. The molecule has 0 spiro atoms. The number of anilines is 1. The van der Waals surface area contributed by atoms with E-state index in [2.05, 4.69) is 15.3 Å². The van der Waals surface area contributed by atoms with Crippen molar-refractivity contribution in [3.05, 3.63) is 65.9 Å². The minimum Gasteiger partial charge on any atom is -0.448 e. The van der Waals surface area contributed by atoms with Crippen molar-refractivity contribution in [3.63, 3.8) is 0 Å². The molecule has 0 fully saturated rings. The van der Waals surface area contributed by atoms with Crippen LogP contribution < -0.4 is 5.32 Å². The molecule has 112 valence electrons. The van der Waals surface area contributed by atoms with Crippen LogP contribution in [0.2, 0.25) is 0 Å². The fourth-order valence-electron chi connectivity index (χ4n) is 2.24. The van der Waals surface area contributed by atoms with Crippen LogP contribution in [0.1, 0.15) is 27.6 Å². The molecule has 2 heterocycles. The molecule has 0 aliphatic carbocycles. The van der Waals surface area contributed by atoms with Crippen molar-refractivity contribution in [2.75, 3.05) is 5.32 Å². The Morgan fingerprint density at radius 3 is 2.77 bits per heavy atom. The number of benzene rings is 1. The van der Waals surface area contributed by atoms with Crippen LogP contribution in [0.3, 0.4) is 0 Å². The zero-order valence-corrected chi connectivity index (χ0v) is 12.4. The van der Waals surface area contributed by atoms with Crippen molar-refractivity contribution in [3.8, 4) is 0 Å². The first kappa shape index (κ1) is 14.1. The Bertz CT molecular complexity index is 804. The zero-order valence-electron chi connectivity index (χ0n) is 12.4. The smallest absolute Gasteiger partial charge is 0.277 e. The first-order chi connectivity index (χ1) is 10.6. The molecular formula is C16H16N4O2. The van der Waals surface area contributed by atoms with Crippen molar-refractivity contribution in [2.24, 2.45) is 0 Å². The minimum absolute atomic E-state index is 0.277. The second-order valence-corrected chi connectivity index (χ2v) is 4.97. The van der Waals surface area contributed by atoms with Gasteiger partial charge in [-0.25, -0.2) is 9.97 Å². The monoisotopic (exact) mass is 296 g/mol. The fourth-order valence-corrected chi connectivity index (χ4v) is 2.24. The number of carbonyl (C=O) groups is 1. The van der Waals surface area contributed by atoms with E-state index in [1.165, 1.54) is 6.39 Å². The minimum atomic E-state index is -0.277. The van der Waals surface area contributed by atoms with E-state index in [-0.39, 0.29) is 5.91 Å². The quantitative estimate of drug-likeness (QED) is 0.803. The summed E-state index contributed by atoms with van der Waals surface area (Å²) in [5.41, 5.74) is 2.05. The molecule has 1 aromatic carbocycles. The molecule has 1 N–H and O–H groups in total. The molecule has 6 heteroatoms. The molecule has 6 nitrogen and oxygen atoms in total. The molecule has 2 aromatic heterocycles. The number of amides is 1. The summed E-state index contributed by atoms with van der Waals surface area (Å²) < 4.78 is 7.09. The summed E-state index contributed by atoms with van der Waals surface area (Å²) in [6.07, 6.45) is 4.94. The number of rotatable bonds is 4. The molecule has 0 saturated carbocycles. The number of aryl methyl sites for hydroxylation is 2. The van der Waals surface area contributed by atoms with E-state index < -0.39 is 0 Å². The highest BCUT2D eigenvalue weighted by Gasteiger charge is 2.15. The molecule has 0 aliphatic rings. The van der Waals surface area contributed by atoms with Crippen LogP contribution in [-0.2, 0) is 6.54 Å². The number of nitrogens with zero attached hydrogens (tertiary/aromatic N) is 3. The van der Waals surface area contributed by atoms with Gasteiger partial charge in [0.2, 0.25) is 0 Å². The van der Waals surface area contributed by atoms with E-state index in [1.807, 2.05) is 42.0 Å². The van der Waals surface area contributed by atoms with E-state index in [0.29, 0.717) is 18.0 Å². The summed E-state index contributed by atoms with van der Waals surface area (Å²) in [5, 5.41) is 2.89. The average Bonchev–Trinajstić information content (AvgIpc) is 3.10. The third-order valence-electron chi connectivity index (χ3n) is 3.49. The van der Waals surface area contributed by atoms with Gasteiger partial charge in [-0.3, -0.25) is 4.79 Å². The maximum absolute atomic E-state index is 12.3. The Kier molecular flexibility index (Phi) is 3.74. The fraction of sp³-hybridized carbons (Fsp3) is 0.188. The van der Waals surface area contributed by atoms with Crippen molar-refractivity contribution >= 4 is 11.6 Å². The molecule has 0 atom stereocenters. The Balaban J connectivity index is 1.84.